The van der Waals surface area contributed by atoms with Crippen molar-refractivity contribution in [1.29, 1.82) is 0 Å². The fourth-order valence-electron chi connectivity index (χ4n) is 3.56. The van der Waals surface area contributed by atoms with Crippen LogP contribution in [0, 0.1) is 0 Å². The summed E-state index contributed by atoms with van der Waals surface area (Å²) in [5, 5.41) is 10.5. The molecule has 1 aromatic rings. The number of carbonyl (C=O) groups excluding carboxylic acids is 2. The minimum Gasteiger partial charge on any atom is -0.507 e. The molecule has 0 aliphatic carbocycles. The first-order valence-corrected chi connectivity index (χ1v) is 9.59. The van der Waals surface area contributed by atoms with Crippen molar-refractivity contribution < 1.29 is 24.2 Å². The van der Waals surface area contributed by atoms with Gasteiger partial charge in [-0.2, -0.15) is 0 Å². The molecule has 0 saturated carbocycles. The summed E-state index contributed by atoms with van der Waals surface area (Å²) in [7, 11) is 0. The summed E-state index contributed by atoms with van der Waals surface area (Å²) in [6.45, 7) is 11.6. The van der Waals surface area contributed by atoms with E-state index in [2.05, 4.69) is 4.90 Å². The van der Waals surface area contributed by atoms with E-state index in [0.717, 1.165) is 0 Å². The topological polar surface area (TPSA) is 79.3 Å². The van der Waals surface area contributed by atoms with Crippen LogP contribution < -0.4 is 4.74 Å². The van der Waals surface area contributed by atoms with Crippen LogP contribution in [-0.2, 0) is 4.74 Å². The molecule has 0 radical (unpaired) electrons. The maximum Gasteiger partial charge on any atom is 0.410 e. The van der Waals surface area contributed by atoms with Crippen molar-refractivity contribution >= 4 is 11.9 Å². The van der Waals surface area contributed by atoms with Gasteiger partial charge in [-0.1, -0.05) is 0 Å². The van der Waals surface area contributed by atoms with Gasteiger partial charge in [-0.05, 0) is 52.8 Å². The molecule has 7 nitrogen and oxygen atoms in total. The Hall–Kier alpha value is -2.54. The second-order valence-corrected chi connectivity index (χ2v) is 8.14. The van der Waals surface area contributed by atoms with Crippen LogP contribution in [0.3, 0.4) is 0 Å². The largest absolute Gasteiger partial charge is 0.507 e. The van der Waals surface area contributed by atoms with E-state index in [1.807, 2.05) is 27.7 Å². The molecule has 0 unspecified atom stereocenters. The predicted molar refractivity (Wildman–Crippen MR) is 105 cm³/mol. The van der Waals surface area contributed by atoms with Crippen molar-refractivity contribution in [2.75, 3.05) is 26.2 Å². The minimum absolute atomic E-state index is 0.103. The SMILES string of the molecule is C/C=C1/Oc2c(ccc(O)c2[C@H](C)N2CCN(C(=O)OC(C)(C)C)CC2)C1=O. The third kappa shape index (κ3) is 3.85. The van der Waals surface area contributed by atoms with Gasteiger partial charge in [0.1, 0.15) is 17.1 Å². The molecule has 152 valence electrons. The van der Waals surface area contributed by atoms with Gasteiger partial charge in [0.2, 0.25) is 5.78 Å². The number of benzene rings is 1. The fourth-order valence-corrected chi connectivity index (χ4v) is 3.56. The van der Waals surface area contributed by atoms with E-state index in [1.165, 1.54) is 0 Å². The number of Topliss-reactive ketones (excluding diaryl/α,β-unsaturated/α-hetero) is 1. The van der Waals surface area contributed by atoms with Crippen LogP contribution in [0.1, 0.15) is 56.6 Å². The number of fused-ring (bicyclic) bond motifs is 1. The average Bonchev–Trinajstić information content (AvgIpc) is 2.95. The molecule has 0 bridgehead atoms. The van der Waals surface area contributed by atoms with Crippen LogP contribution in [-0.4, -0.2) is 58.6 Å². The third-order valence-electron chi connectivity index (χ3n) is 5.05. The zero-order chi connectivity index (χ0) is 20.6. The van der Waals surface area contributed by atoms with Crippen LogP contribution >= 0.6 is 0 Å². The number of ether oxygens (including phenoxy) is 2. The third-order valence-corrected chi connectivity index (χ3v) is 5.05. The van der Waals surface area contributed by atoms with Gasteiger partial charge in [-0.25, -0.2) is 4.79 Å². The lowest BCUT2D eigenvalue weighted by Gasteiger charge is -2.38. The number of rotatable bonds is 2. The van der Waals surface area contributed by atoms with E-state index < -0.39 is 5.60 Å². The molecule has 1 atom stereocenters. The van der Waals surface area contributed by atoms with Gasteiger partial charge in [0.05, 0.1) is 11.1 Å². The van der Waals surface area contributed by atoms with Gasteiger partial charge >= 0.3 is 6.09 Å². The van der Waals surface area contributed by atoms with E-state index in [-0.39, 0.29) is 29.4 Å². The Kier molecular flexibility index (Phi) is 5.39. The van der Waals surface area contributed by atoms with Crippen molar-refractivity contribution in [2.24, 2.45) is 0 Å². The highest BCUT2D eigenvalue weighted by Gasteiger charge is 2.35. The Morgan fingerprint density at radius 3 is 2.46 bits per heavy atom. The van der Waals surface area contributed by atoms with Crippen LogP contribution in [0.15, 0.2) is 24.0 Å². The molecule has 7 heteroatoms. The predicted octanol–water partition coefficient (Wildman–Crippen LogP) is 3.48. The smallest absolute Gasteiger partial charge is 0.410 e. The summed E-state index contributed by atoms with van der Waals surface area (Å²) < 4.78 is 11.2. The Morgan fingerprint density at radius 2 is 1.89 bits per heavy atom. The maximum atomic E-state index is 12.4. The molecule has 28 heavy (non-hydrogen) atoms. The van der Waals surface area contributed by atoms with E-state index in [9.17, 15) is 14.7 Å². The molecule has 2 aliphatic rings. The minimum atomic E-state index is -0.522. The van der Waals surface area contributed by atoms with E-state index >= 15 is 0 Å². The van der Waals surface area contributed by atoms with Crippen LogP contribution in [0.25, 0.3) is 0 Å². The molecule has 1 saturated heterocycles. The van der Waals surface area contributed by atoms with Gasteiger partial charge in [0.25, 0.3) is 0 Å². The second-order valence-electron chi connectivity index (χ2n) is 8.14. The summed E-state index contributed by atoms with van der Waals surface area (Å²) in [5.74, 6) is 0.649. The molecule has 2 aliphatic heterocycles. The van der Waals surface area contributed by atoms with Crippen LogP contribution in [0.2, 0.25) is 0 Å². The summed E-state index contributed by atoms with van der Waals surface area (Å²) >= 11 is 0. The van der Waals surface area contributed by atoms with Crippen molar-refractivity contribution in [3.63, 3.8) is 0 Å². The Balaban J connectivity index is 1.74. The lowest BCUT2D eigenvalue weighted by Crippen LogP contribution is -2.50. The lowest BCUT2D eigenvalue weighted by molar-refractivity contribution is 0.0108. The van der Waals surface area contributed by atoms with Gasteiger partial charge < -0.3 is 19.5 Å². The molecule has 1 aromatic carbocycles. The van der Waals surface area contributed by atoms with Gasteiger partial charge in [-0.3, -0.25) is 9.69 Å². The number of allylic oxidation sites excluding steroid dienone is 2. The second kappa shape index (κ2) is 7.47. The first-order valence-electron chi connectivity index (χ1n) is 9.59. The molecule has 3 rings (SSSR count). The number of ketones is 1. The number of carbonyl (C=O) groups is 2. The molecule has 1 fully saturated rings. The van der Waals surface area contributed by atoms with E-state index in [1.54, 1.807) is 30.0 Å². The average molecular weight is 388 g/mol. The van der Waals surface area contributed by atoms with E-state index in [0.29, 0.717) is 43.1 Å². The quantitative estimate of drug-likeness (QED) is 0.782. The lowest BCUT2D eigenvalue weighted by atomic mass is 9.99. The highest BCUT2D eigenvalue weighted by atomic mass is 16.6. The van der Waals surface area contributed by atoms with Crippen molar-refractivity contribution in [3.8, 4) is 11.5 Å². The molecular formula is C21H28N2O5. The van der Waals surface area contributed by atoms with Crippen LogP contribution in [0.4, 0.5) is 4.79 Å². The zero-order valence-corrected chi connectivity index (χ0v) is 17.1. The van der Waals surface area contributed by atoms with Gasteiger partial charge in [0, 0.05) is 32.2 Å². The highest BCUT2D eigenvalue weighted by molar-refractivity contribution is 6.12. The Morgan fingerprint density at radius 1 is 1.25 bits per heavy atom. The Bertz CT molecular complexity index is 817. The molecule has 0 aromatic heterocycles. The van der Waals surface area contributed by atoms with E-state index in [4.69, 9.17) is 9.47 Å². The van der Waals surface area contributed by atoms with Crippen molar-refractivity contribution in [2.45, 2.75) is 46.3 Å². The number of aromatic hydroxyl groups is 1. The summed E-state index contributed by atoms with van der Waals surface area (Å²) in [6.07, 6.45) is 1.32. The molecule has 1 N–H and O–H groups in total. The summed E-state index contributed by atoms with van der Waals surface area (Å²) in [4.78, 5) is 28.5. The van der Waals surface area contributed by atoms with Crippen molar-refractivity contribution in [1.82, 2.24) is 9.80 Å². The summed E-state index contributed by atoms with van der Waals surface area (Å²) in [5.41, 5.74) is 0.556. The van der Waals surface area contributed by atoms with Gasteiger partial charge in [0.15, 0.2) is 5.76 Å². The number of hydrogen-bond donors (Lipinski definition) is 1. The highest BCUT2D eigenvalue weighted by Crippen LogP contribution is 2.43. The van der Waals surface area contributed by atoms with Gasteiger partial charge in [-0.15, -0.1) is 0 Å². The standard InChI is InChI=1S/C21H28N2O5/c1-6-16-18(25)14-7-8-15(24)17(19(14)27-16)13(2)22-9-11-23(12-10-22)20(26)28-21(3,4)5/h6-8,13,24H,9-12H2,1-5H3/b16-6+/t13-/m0/s1. The number of nitrogens with zero attached hydrogens (tertiary/aromatic N) is 2. The normalized spacial score (nSPS) is 20.1. The number of hydrogen-bond acceptors (Lipinski definition) is 6. The summed E-state index contributed by atoms with van der Waals surface area (Å²) in [6, 6.07) is 2.97. The molecular weight excluding hydrogens is 360 g/mol. The number of piperazine rings is 1. The fraction of sp³-hybridized carbons (Fsp3) is 0.524. The van der Waals surface area contributed by atoms with Crippen LogP contribution in [0.5, 0.6) is 11.5 Å². The van der Waals surface area contributed by atoms with Crippen molar-refractivity contribution in [3.05, 3.63) is 35.1 Å². The monoisotopic (exact) mass is 388 g/mol. The molecule has 2 heterocycles. The zero-order valence-electron chi connectivity index (χ0n) is 17.1. The maximum absolute atomic E-state index is 12.4. The Labute approximate surface area is 165 Å². The molecule has 0 spiro atoms. The number of phenolic OH excluding ortho intramolecular Hbond substituents is 1. The number of amides is 1. The first kappa shape index (κ1) is 20.2. The molecule has 1 amide bonds. The first-order chi connectivity index (χ1) is 13.1. The number of phenols is 1.